The standard InChI is InChI=1S/C20H18N4OS/c1-3-12-26-20-22-19(25)17-15-6-4-5-7-16(15)21-18(24(17)23-20)14-10-8-13(2)9-11-14/h3-11,18H,1,12H2,2H3,(H,22,23,25)/t18-/m1/s1. The molecule has 6 heteroatoms. The molecule has 0 aromatic heterocycles. The minimum absolute atomic E-state index is 0.161. The smallest absolute Gasteiger partial charge is 0.276 e. The van der Waals surface area contributed by atoms with Crippen molar-refractivity contribution in [3.8, 4) is 0 Å². The first-order valence-corrected chi connectivity index (χ1v) is 9.32. The Hall–Kier alpha value is -2.86. The van der Waals surface area contributed by atoms with Crippen LogP contribution < -0.4 is 15.9 Å². The van der Waals surface area contributed by atoms with Gasteiger partial charge in [0, 0.05) is 11.0 Å². The molecule has 0 unspecified atom stereocenters. The summed E-state index contributed by atoms with van der Waals surface area (Å²) in [7, 11) is 0. The molecule has 4 rings (SSSR count). The summed E-state index contributed by atoms with van der Waals surface area (Å²) < 4.78 is 0. The van der Waals surface area contributed by atoms with Crippen LogP contribution in [0.1, 0.15) is 17.3 Å². The molecule has 2 aliphatic rings. The van der Waals surface area contributed by atoms with Crippen LogP contribution in [0.4, 0.5) is 0 Å². The normalized spacial score (nSPS) is 18.3. The number of para-hydroxylation sites is 1. The Kier molecular flexibility index (Phi) is 4.34. The molecule has 26 heavy (non-hydrogen) atoms. The lowest BCUT2D eigenvalue weighted by Gasteiger charge is -2.34. The number of benzene rings is 2. The van der Waals surface area contributed by atoms with Gasteiger partial charge >= 0.3 is 0 Å². The van der Waals surface area contributed by atoms with E-state index in [1.807, 2.05) is 55.5 Å². The van der Waals surface area contributed by atoms with Crippen molar-refractivity contribution in [2.24, 2.45) is 10.1 Å². The van der Waals surface area contributed by atoms with Crippen molar-refractivity contribution in [1.29, 1.82) is 0 Å². The predicted octanol–water partition coefficient (Wildman–Crippen LogP) is 2.06. The van der Waals surface area contributed by atoms with Crippen LogP contribution in [0.2, 0.25) is 0 Å². The summed E-state index contributed by atoms with van der Waals surface area (Å²) in [5.74, 6) is 0.511. The van der Waals surface area contributed by atoms with E-state index >= 15 is 0 Å². The van der Waals surface area contributed by atoms with Crippen LogP contribution in [0.25, 0.3) is 5.70 Å². The molecule has 0 bridgehead atoms. The van der Waals surface area contributed by atoms with Gasteiger partial charge < -0.3 is 0 Å². The van der Waals surface area contributed by atoms with Crippen molar-refractivity contribution in [3.63, 3.8) is 0 Å². The van der Waals surface area contributed by atoms with Gasteiger partial charge in [-0.2, -0.15) is 0 Å². The van der Waals surface area contributed by atoms with Gasteiger partial charge in [-0.25, -0.2) is 5.01 Å². The minimum atomic E-state index is -0.370. The van der Waals surface area contributed by atoms with E-state index in [0.717, 1.165) is 16.1 Å². The van der Waals surface area contributed by atoms with Crippen molar-refractivity contribution in [2.75, 3.05) is 5.75 Å². The van der Waals surface area contributed by atoms with Gasteiger partial charge in [0.25, 0.3) is 5.91 Å². The summed E-state index contributed by atoms with van der Waals surface area (Å²) in [6, 6.07) is 15.8. The second-order valence-corrected chi connectivity index (χ2v) is 7.09. The van der Waals surface area contributed by atoms with Crippen molar-refractivity contribution in [2.45, 2.75) is 13.1 Å². The molecular weight excluding hydrogens is 344 g/mol. The molecule has 0 spiro atoms. The van der Waals surface area contributed by atoms with Gasteiger partial charge in [-0.3, -0.25) is 15.1 Å². The number of carbonyl (C=O) groups is 1. The first-order chi connectivity index (χ1) is 12.7. The lowest BCUT2D eigenvalue weighted by molar-refractivity contribution is -0.116. The lowest BCUT2D eigenvalue weighted by atomic mass is 10.1. The van der Waals surface area contributed by atoms with Crippen molar-refractivity contribution < 1.29 is 4.79 Å². The lowest BCUT2D eigenvalue weighted by Crippen LogP contribution is -2.50. The van der Waals surface area contributed by atoms with Gasteiger partial charge in [0.2, 0.25) is 0 Å². The van der Waals surface area contributed by atoms with E-state index in [0.29, 0.717) is 16.6 Å². The number of thioether (sulfide) groups is 1. The highest BCUT2D eigenvalue weighted by atomic mass is 32.2. The Morgan fingerprint density at radius 3 is 2.77 bits per heavy atom. The summed E-state index contributed by atoms with van der Waals surface area (Å²) in [4.78, 5) is 17.7. The molecule has 2 aliphatic heterocycles. The quantitative estimate of drug-likeness (QED) is 0.851. The highest BCUT2D eigenvalue weighted by molar-refractivity contribution is 8.14. The maximum absolute atomic E-state index is 12.8. The largest absolute Gasteiger partial charge is 0.298 e. The predicted molar refractivity (Wildman–Crippen MR) is 105 cm³/mol. The molecule has 0 fully saturated rings. The second-order valence-electron chi connectivity index (χ2n) is 6.08. The van der Waals surface area contributed by atoms with Gasteiger partial charge in [-0.15, -0.1) is 11.7 Å². The van der Waals surface area contributed by atoms with Crippen molar-refractivity contribution >= 4 is 28.5 Å². The first-order valence-electron chi connectivity index (χ1n) is 8.34. The van der Waals surface area contributed by atoms with E-state index in [4.69, 9.17) is 4.99 Å². The number of amides is 1. The zero-order valence-electron chi connectivity index (χ0n) is 14.3. The number of hydrogen-bond donors (Lipinski definition) is 1. The first kappa shape index (κ1) is 16.6. The van der Waals surface area contributed by atoms with Crippen molar-refractivity contribution in [1.82, 2.24) is 10.3 Å². The molecule has 130 valence electrons. The van der Waals surface area contributed by atoms with Crippen molar-refractivity contribution in [3.05, 3.63) is 82.9 Å². The Bertz CT molecular complexity index is 1030. The fourth-order valence-electron chi connectivity index (χ4n) is 2.99. The molecule has 2 heterocycles. The molecule has 1 atom stereocenters. The molecule has 0 radical (unpaired) electrons. The highest BCUT2D eigenvalue weighted by Crippen LogP contribution is 2.30. The van der Waals surface area contributed by atoms with E-state index in [1.54, 1.807) is 11.1 Å². The molecule has 0 saturated carbocycles. The fourth-order valence-corrected chi connectivity index (χ4v) is 3.57. The average molecular weight is 362 g/mol. The molecule has 0 aliphatic carbocycles. The Morgan fingerprint density at radius 1 is 1.23 bits per heavy atom. The zero-order chi connectivity index (χ0) is 18.1. The summed E-state index contributed by atoms with van der Waals surface area (Å²) in [5, 5.41) is 11.4. The maximum Gasteiger partial charge on any atom is 0.276 e. The van der Waals surface area contributed by atoms with Crippen LogP contribution >= 0.6 is 11.8 Å². The molecule has 1 N–H and O–H groups in total. The number of carbonyl (C=O) groups excluding carboxylic acids is 1. The summed E-state index contributed by atoms with van der Waals surface area (Å²) >= 11 is 1.44. The van der Waals surface area contributed by atoms with Gasteiger partial charge in [-0.1, -0.05) is 65.9 Å². The van der Waals surface area contributed by atoms with E-state index in [9.17, 15) is 4.79 Å². The third-order valence-corrected chi connectivity index (χ3v) is 5.09. The molecule has 5 nitrogen and oxygen atoms in total. The van der Waals surface area contributed by atoms with Crippen LogP contribution in [0.3, 0.4) is 0 Å². The monoisotopic (exact) mass is 362 g/mol. The van der Waals surface area contributed by atoms with Gasteiger partial charge in [0.05, 0.1) is 5.36 Å². The van der Waals surface area contributed by atoms with Gasteiger partial charge in [0.1, 0.15) is 5.70 Å². The van der Waals surface area contributed by atoms with E-state index in [1.165, 1.54) is 17.3 Å². The average Bonchev–Trinajstić information content (AvgIpc) is 2.66. The number of rotatable bonds is 3. The van der Waals surface area contributed by atoms with Crippen LogP contribution in [0.15, 0.2) is 71.3 Å². The molecule has 0 saturated heterocycles. The Labute approximate surface area is 155 Å². The maximum atomic E-state index is 12.8. The van der Waals surface area contributed by atoms with E-state index in [2.05, 4.69) is 17.0 Å². The number of fused-ring (bicyclic) bond motifs is 2. The Morgan fingerprint density at radius 2 is 2.00 bits per heavy atom. The number of aryl methyl sites for hydroxylation is 1. The highest BCUT2D eigenvalue weighted by Gasteiger charge is 2.34. The number of hydrazone groups is 1. The topological polar surface area (TPSA) is 57.1 Å². The van der Waals surface area contributed by atoms with Crippen LogP contribution in [-0.2, 0) is 4.79 Å². The number of nitrogens with one attached hydrogen (secondary N) is 1. The summed E-state index contributed by atoms with van der Waals surface area (Å²) in [6.45, 7) is 5.77. The van der Waals surface area contributed by atoms with E-state index < -0.39 is 0 Å². The molecular formula is C20H18N4OS. The number of hydrogen-bond acceptors (Lipinski definition) is 5. The number of amidine groups is 1. The van der Waals surface area contributed by atoms with Crippen LogP contribution in [0, 0.1) is 6.92 Å². The number of nitrogens with zero attached hydrogens (tertiary/aromatic N) is 3. The second kappa shape index (κ2) is 6.80. The van der Waals surface area contributed by atoms with E-state index in [-0.39, 0.29) is 12.1 Å². The van der Waals surface area contributed by atoms with Gasteiger partial charge in [0.15, 0.2) is 11.3 Å². The molecule has 1 amide bonds. The fraction of sp³-hybridized carbons (Fsp3) is 0.150. The van der Waals surface area contributed by atoms with Gasteiger partial charge in [-0.05, 0) is 18.6 Å². The third kappa shape index (κ3) is 2.93. The zero-order valence-corrected chi connectivity index (χ0v) is 15.2. The Balaban J connectivity index is 1.90. The summed E-state index contributed by atoms with van der Waals surface area (Å²) in [5.41, 5.74) is 2.70. The minimum Gasteiger partial charge on any atom is -0.298 e. The molecule has 2 aromatic rings. The molecule has 2 aromatic carbocycles. The SMILES string of the molecule is C=CCSC1=NN2C(=c3ccccc3=N[C@H]2c2ccc(C)cc2)C(=O)N1. The summed E-state index contributed by atoms with van der Waals surface area (Å²) in [6.07, 6.45) is 1.41. The van der Waals surface area contributed by atoms with Crippen LogP contribution in [-0.4, -0.2) is 21.8 Å². The third-order valence-electron chi connectivity index (χ3n) is 4.23. The van der Waals surface area contributed by atoms with Crippen LogP contribution in [0.5, 0.6) is 0 Å².